The van der Waals surface area contributed by atoms with Gasteiger partial charge in [0.25, 0.3) is 0 Å². The number of hydrogen-bond acceptors (Lipinski definition) is 3. The van der Waals surface area contributed by atoms with Crippen LogP contribution in [-0.4, -0.2) is 10.2 Å². The van der Waals surface area contributed by atoms with Gasteiger partial charge in [0.15, 0.2) is 0 Å². The van der Waals surface area contributed by atoms with Crippen molar-refractivity contribution >= 4 is 0 Å². The zero-order valence-electron chi connectivity index (χ0n) is 19.6. The molecule has 0 fully saturated rings. The Balaban J connectivity index is 2.29. The molecule has 3 rings (SSSR count). The van der Waals surface area contributed by atoms with Crippen molar-refractivity contribution in [1.29, 1.82) is 0 Å². The van der Waals surface area contributed by atoms with Crippen LogP contribution in [0.3, 0.4) is 0 Å². The molecule has 1 heterocycles. The first-order valence-corrected chi connectivity index (χ1v) is 10.5. The van der Waals surface area contributed by atoms with Gasteiger partial charge in [0.2, 0.25) is 11.8 Å². The molecular weight excluding hydrogens is 375 g/mol. The van der Waals surface area contributed by atoms with E-state index in [1.54, 1.807) is 12.1 Å². The van der Waals surface area contributed by atoms with Gasteiger partial charge >= 0.3 is 0 Å². The van der Waals surface area contributed by atoms with Gasteiger partial charge in [0.05, 0.1) is 0 Å². The van der Waals surface area contributed by atoms with Crippen LogP contribution in [0.2, 0.25) is 0 Å². The fourth-order valence-corrected chi connectivity index (χ4v) is 3.52. The summed E-state index contributed by atoms with van der Waals surface area (Å²) >= 11 is 0. The van der Waals surface area contributed by atoms with E-state index in [2.05, 4.69) is 84.6 Å². The highest BCUT2D eigenvalue weighted by atomic mass is 19.1. The molecule has 2 aromatic carbocycles. The summed E-state index contributed by atoms with van der Waals surface area (Å²) < 4.78 is 19.5. The summed E-state index contributed by atoms with van der Waals surface area (Å²) in [5.41, 5.74) is 5.18. The largest absolute Gasteiger partial charge is 0.416 e. The molecule has 0 saturated heterocycles. The average molecular weight is 409 g/mol. The Kier molecular flexibility index (Phi) is 5.43. The molecule has 0 atom stereocenters. The van der Waals surface area contributed by atoms with E-state index in [0.717, 1.165) is 5.56 Å². The molecule has 0 amide bonds. The Morgan fingerprint density at radius 3 is 1.57 bits per heavy atom. The quantitative estimate of drug-likeness (QED) is 0.442. The lowest BCUT2D eigenvalue weighted by Gasteiger charge is -2.32. The summed E-state index contributed by atoms with van der Waals surface area (Å²) in [5, 5.41) is 8.69. The number of benzene rings is 2. The molecule has 160 valence electrons. The zero-order chi connectivity index (χ0) is 22.5. The van der Waals surface area contributed by atoms with Crippen molar-refractivity contribution in [2.24, 2.45) is 0 Å². The first kappa shape index (κ1) is 22.2. The normalized spacial score (nSPS) is 13.0. The zero-order valence-corrected chi connectivity index (χ0v) is 19.6. The van der Waals surface area contributed by atoms with Gasteiger partial charge in [-0.25, -0.2) is 4.39 Å². The van der Waals surface area contributed by atoms with Crippen molar-refractivity contribution in [3.63, 3.8) is 0 Å². The third-order valence-corrected chi connectivity index (χ3v) is 5.35. The Hall–Kier alpha value is -2.49. The summed E-state index contributed by atoms with van der Waals surface area (Å²) in [4.78, 5) is 0. The standard InChI is InChI=1S/C26H33FN2O/c1-24(2,3)17-14-19(25(4,5)6)21(20(15-17)26(7,8)9)23-29-28-22(30-23)16-10-12-18(27)13-11-16/h10-15H,1-9H3. The topological polar surface area (TPSA) is 38.9 Å². The molecule has 0 N–H and O–H groups in total. The predicted molar refractivity (Wildman–Crippen MR) is 121 cm³/mol. The van der Waals surface area contributed by atoms with Gasteiger partial charge in [-0.2, -0.15) is 0 Å². The Morgan fingerprint density at radius 1 is 0.667 bits per heavy atom. The van der Waals surface area contributed by atoms with E-state index in [9.17, 15) is 4.39 Å². The van der Waals surface area contributed by atoms with Gasteiger partial charge in [-0.1, -0.05) is 74.4 Å². The molecule has 1 aromatic heterocycles. The van der Waals surface area contributed by atoms with E-state index in [0.29, 0.717) is 17.3 Å². The van der Waals surface area contributed by atoms with Crippen molar-refractivity contribution in [3.05, 3.63) is 58.9 Å². The number of halogens is 1. The van der Waals surface area contributed by atoms with Gasteiger partial charge in [-0.15, -0.1) is 10.2 Å². The molecule has 3 aromatic rings. The highest BCUT2D eigenvalue weighted by molar-refractivity contribution is 5.69. The molecule has 3 nitrogen and oxygen atoms in total. The van der Waals surface area contributed by atoms with E-state index in [1.807, 2.05) is 0 Å². The van der Waals surface area contributed by atoms with E-state index < -0.39 is 0 Å². The third kappa shape index (κ3) is 4.48. The number of rotatable bonds is 2. The minimum atomic E-state index is -0.290. The van der Waals surface area contributed by atoms with Crippen LogP contribution in [0, 0.1) is 5.82 Å². The van der Waals surface area contributed by atoms with Gasteiger partial charge in [0.1, 0.15) is 5.82 Å². The van der Waals surface area contributed by atoms with Crippen LogP contribution in [0.1, 0.15) is 79.0 Å². The molecule has 0 aliphatic heterocycles. The second kappa shape index (κ2) is 7.33. The smallest absolute Gasteiger partial charge is 0.248 e. The van der Waals surface area contributed by atoms with E-state index in [-0.39, 0.29) is 22.1 Å². The summed E-state index contributed by atoms with van der Waals surface area (Å²) in [6, 6.07) is 10.7. The second-order valence-corrected chi connectivity index (χ2v) is 11.1. The molecule has 0 saturated carbocycles. The van der Waals surface area contributed by atoms with Crippen LogP contribution in [0.25, 0.3) is 22.9 Å². The van der Waals surface area contributed by atoms with Gasteiger partial charge in [-0.05, 0) is 57.2 Å². The van der Waals surface area contributed by atoms with Crippen molar-refractivity contribution in [1.82, 2.24) is 10.2 Å². The lowest BCUT2D eigenvalue weighted by Crippen LogP contribution is -2.23. The Bertz CT molecular complexity index is 1010. The maximum atomic E-state index is 13.3. The summed E-state index contributed by atoms with van der Waals surface area (Å²) in [7, 11) is 0. The SMILES string of the molecule is CC(C)(C)c1cc(C(C)(C)C)c(-c2nnc(-c3ccc(F)cc3)o2)c(C(C)(C)C)c1. The molecule has 0 unspecified atom stereocenters. The molecule has 0 aliphatic rings. The van der Waals surface area contributed by atoms with E-state index in [1.165, 1.54) is 28.8 Å². The average Bonchev–Trinajstić information content (AvgIpc) is 3.08. The molecule has 4 heteroatoms. The minimum Gasteiger partial charge on any atom is -0.416 e. The second-order valence-electron chi connectivity index (χ2n) is 11.1. The van der Waals surface area contributed by atoms with Crippen LogP contribution in [0.4, 0.5) is 4.39 Å². The van der Waals surface area contributed by atoms with Crippen molar-refractivity contribution < 1.29 is 8.81 Å². The highest BCUT2D eigenvalue weighted by Crippen LogP contribution is 2.43. The number of nitrogens with zero attached hydrogens (tertiary/aromatic N) is 2. The highest BCUT2D eigenvalue weighted by Gasteiger charge is 2.32. The van der Waals surface area contributed by atoms with Crippen LogP contribution in [0.15, 0.2) is 40.8 Å². The summed E-state index contributed by atoms with van der Waals surface area (Å²) in [6.45, 7) is 20.0. The van der Waals surface area contributed by atoms with Crippen LogP contribution in [0.5, 0.6) is 0 Å². The molecule has 30 heavy (non-hydrogen) atoms. The molecule has 0 spiro atoms. The van der Waals surface area contributed by atoms with Crippen molar-refractivity contribution in [3.8, 4) is 22.9 Å². The first-order chi connectivity index (χ1) is 13.7. The predicted octanol–water partition coefficient (Wildman–Crippen LogP) is 7.44. The minimum absolute atomic E-state index is 0.0205. The first-order valence-electron chi connectivity index (χ1n) is 10.5. The van der Waals surface area contributed by atoms with Gasteiger partial charge in [0, 0.05) is 11.1 Å². The monoisotopic (exact) mass is 408 g/mol. The maximum absolute atomic E-state index is 13.3. The molecule has 0 bridgehead atoms. The van der Waals surface area contributed by atoms with Gasteiger partial charge in [-0.3, -0.25) is 0 Å². The van der Waals surface area contributed by atoms with Crippen molar-refractivity contribution in [2.75, 3.05) is 0 Å². The lowest BCUT2D eigenvalue weighted by atomic mass is 9.72. The number of aromatic nitrogens is 2. The van der Waals surface area contributed by atoms with E-state index >= 15 is 0 Å². The molecule has 0 radical (unpaired) electrons. The maximum Gasteiger partial charge on any atom is 0.248 e. The van der Waals surface area contributed by atoms with Crippen LogP contribution < -0.4 is 0 Å². The van der Waals surface area contributed by atoms with Gasteiger partial charge < -0.3 is 4.42 Å². The number of hydrogen-bond donors (Lipinski definition) is 0. The molecular formula is C26H33FN2O. The summed E-state index contributed by atoms with van der Waals surface area (Å²) in [6.07, 6.45) is 0. The van der Waals surface area contributed by atoms with Crippen LogP contribution in [-0.2, 0) is 16.2 Å². The fraction of sp³-hybridized carbons (Fsp3) is 0.462. The Morgan fingerprint density at radius 2 is 1.13 bits per heavy atom. The van der Waals surface area contributed by atoms with Crippen LogP contribution >= 0.6 is 0 Å². The third-order valence-electron chi connectivity index (χ3n) is 5.35. The lowest BCUT2D eigenvalue weighted by molar-refractivity contribution is 0.537. The van der Waals surface area contributed by atoms with E-state index in [4.69, 9.17) is 4.42 Å². The fourth-order valence-electron chi connectivity index (χ4n) is 3.52. The Labute approximate surface area is 179 Å². The molecule has 0 aliphatic carbocycles. The van der Waals surface area contributed by atoms with Crippen molar-refractivity contribution in [2.45, 2.75) is 78.6 Å². The summed E-state index contributed by atoms with van der Waals surface area (Å²) in [5.74, 6) is 0.607.